The molecule has 7 nitrogen and oxygen atoms in total. The lowest BCUT2D eigenvalue weighted by Gasteiger charge is -2.35. The third kappa shape index (κ3) is 2.33. The first-order valence-corrected chi connectivity index (χ1v) is 7.02. The van der Waals surface area contributed by atoms with Crippen LogP contribution in [0.1, 0.15) is 23.7 Å². The molecule has 0 spiro atoms. The Morgan fingerprint density at radius 1 is 1.52 bits per heavy atom. The highest BCUT2D eigenvalue weighted by atomic mass is 16.5. The number of aromatic carboxylic acids is 1. The van der Waals surface area contributed by atoms with Crippen LogP contribution in [0.25, 0.3) is 11.0 Å². The number of aryl methyl sites for hydroxylation is 1. The number of morpholine rings is 1. The highest BCUT2D eigenvalue weighted by Crippen LogP contribution is 2.31. The van der Waals surface area contributed by atoms with Crippen molar-refractivity contribution in [3.05, 3.63) is 18.0 Å². The summed E-state index contributed by atoms with van der Waals surface area (Å²) >= 11 is 0. The number of hydrogen-bond donors (Lipinski definition) is 1. The zero-order valence-corrected chi connectivity index (χ0v) is 12.1. The van der Waals surface area contributed by atoms with E-state index in [1.807, 2.05) is 0 Å². The van der Waals surface area contributed by atoms with E-state index in [-0.39, 0.29) is 11.7 Å². The van der Waals surface area contributed by atoms with Gasteiger partial charge in [0, 0.05) is 26.3 Å². The summed E-state index contributed by atoms with van der Waals surface area (Å²) in [5, 5.41) is 14.4. The van der Waals surface area contributed by atoms with Crippen molar-refractivity contribution in [1.82, 2.24) is 14.8 Å². The number of fused-ring (bicyclic) bond motifs is 1. The van der Waals surface area contributed by atoms with Gasteiger partial charge in [0.25, 0.3) is 0 Å². The molecule has 21 heavy (non-hydrogen) atoms. The number of rotatable bonds is 3. The van der Waals surface area contributed by atoms with Gasteiger partial charge in [0.15, 0.2) is 5.65 Å². The van der Waals surface area contributed by atoms with Gasteiger partial charge in [0.2, 0.25) is 0 Å². The van der Waals surface area contributed by atoms with E-state index in [1.54, 1.807) is 17.9 Å². The third-order valence-corrected chi connectivity index (χ3v) is 3.87. The number of carbonyl (C=O) groups is 1. The van der Waals surface area contributed by atoms with Crippen molar-refractivity contribution >= 4 is 22.7 Å². The van der Waals surface area contributed by atoms with Crippen LogP contribution in [0.5, 0.6) is 0 Å². The minimum Gasteiger partial charge on any atom is -0.478 e. The molecule has 0 aliphatic carbocycles. The summed E-state index contributed by atoms with van der Waals surface area (Å²) in [5.41, 5.74) is 1.60. The standard InChI is InChI=1S/C14H18N4O3/c1-3-9-8-18(4-5-21-9)12-10-7-16-17(2)13(10)15-6-11(12)14(19)20/h6-7,9H,3-5,8H2,1-2H3,(H,19,20). The lowest BCUT2D eigenvalue weighted by Crippen LogP contribution is -2.43. The lowest BCUT2D eigenvalue weighted by molar-refractivity contribution is 0.0383. The maximum Gasteiger partial charge on any atom is 0.339 e. The third-order valence-electron chi connectivity index (χ3n) is 3.87. The van der Waals surface area contributed by atoms with Crippen LogP contribution in [0.4, 0.5) is 5.69 Å². The molecule has 1 saturated heterocycles. The first-order valence-electron chi connectivity index (χ1n) is 7.02. The predicted molar refractivity (Wildman–Crippen MR) is 77.7 cm³/mol. The van der Waals surface area contributed by atoms with Crippen LogP contribution in [0.2, 0.25) is 0 Å². The van der Waals surface area contributed by atoms with Crippen LogP contribution in [0.3, 0.4) is 0 Å². The maximum atomic E-state index is 11.5. The van der Waals surface area contributed by atoms with Gasteiger partial charge in [-0.25, -0.2) is 9.78 Å². The molecule has 1 atom stereocenters. The average molecular weight is 290 g/mol. The summed E-state index contributed by atoms with van der Waals surface area (Å²) in [7, 11) is 1.80. The fraction of sp³-hybridized carbons (Fsp3) is 0.500. The second-order valence-corrected chi connectivity index (χ2v) is 5.18. The highest BCUT2D eigenvalue weighted by molar-refractivity contribution is 6.03. The molecule has 112 valence electrons. The number of anilines is 1. The molecule has 3 heterocycles. The number of carboxylic acids is 1. The number of pyridine rings is 1. The van der Waals surface area contributed by atoms with Crippen molar-refractivity contribution in [3.8, 4) is 0 Å². The Morgan fingerprint density at radius 3 is 3.05 bits per heavy atom. The first kappa shape index (κ1) is 13.8. The highest BCUT2D eigenvalue weighted by Gasteiger charge is 2.26. The van der Waals surface area contributed by atoms with Gasteiger partial charge in [-0.3, -0.25) is 4.68 Å². The van der Waals surface area contributed by atoms with Gasteiger partial charge in [-0.2, -0.15) is 5.10 Å². The van der Waals surface area contributed by atoms with E-state index < -0.39 is 5.97 Å². The Kier molecular flexibility index (Phi) is 3.50. The number of hydrogen-bond acceptors (Lipinski definition) is 5. The Bertz CT molecular complexity index is 682. The van der Waals surface area contributed by atoms with E-state index in [9.17, 15) is 9.90 Å². The molecular formula is C14H18N4O3. The molecule has 1 aliphatic heterocycles. The number of ether oxygens (including phenoxy) is 1. The Balaban J connectivity index is 2.14. The molecule has 1 unspecified atom stereocenters. The van der Waals surface area contributed by atoms with E-state index in [0.717, 1.165) is 11.8 Å². The molecule has 2 aromatic heterocycles. The molecule has 7 heteroatoms. The summed E-state index contributed by atoms with van der Waals surface area (Å²) < 4.78 is 7.33. The quantitative estimate of drug-likeness (QED) is 0.917. The van der Waals surface area contributed by atoms with Crippen molar-refractivity contribution < 1.29 is 14.6 Å². The second kappa shape index (κ2) is 5.33. The topological polar surface area (TPSA) is 80.5 Å². The monoisotopic (exact) mass is 290 g/mol. The summed E-state index contributed by atoms with van der Waals surface area (Å²) in [6, 6.07) is 0. The van der Waals surface area contributed by atoms with Gasteiger partial charge in [-0.1, -0.05) is 6.92 Å². The molecule has 2 aromatic rings. The van der Waals surface area contributed by atoms with E-state index in [1.165, 1.54) is 6.20 Å². The van der Waals surface area contributed by atoms with E-state index in [4.69, 9.17) is 4.74 Å². The Hall–Kier alpha value is -2.15. The van der Waals surface area contributed by atoms with Gasteiger partial charge >= 0.3 is 5.97 Å². The molecule has 1 N–H and O–H groups in total. The summed E-state index contributed by atoms with van der Waals surface area (Å²) in [6.45, 7) is 4.02. The number of aromatic nitrogens is 3. The first-order chi connectivity index (χ1) is 10.1. The molecule has 3 rings (SSSR count). The van der Waals surface area contributed by atoms with Gasteiger partial charge in [0.1, 0.15) is 5.56 Å². The number of nitrogens with zero attached hydrogens (tertiary/aromatic N) is 4. The molecule has 0 radical (unpaired) electrons. The van der Waals surface area contributed by atoms with Crippen LogP contribution >= 0.6 is 0 Å². The summed E-state index contributed by atoms with van der Waals surface area (Å²) in [5.74, 6) is -0.970. The van der Waals surface area contributed by atoms with Crippen molar-refractivity contribution in [2.24, 2.45) is 7.05 Å². The number of carboxylic acid groups (broad SMARTS) is 1. The molecular weight excluding hydrogens is 272 g/mol. The normalized spacial score (nSPS) is 19.1. The van der Waals surface area contributed by atoms with Crippen LogP contribution in [0.15, 0.2) is 12.4 Å². The minimum atomic E-state index is -0.970. The summed E-state index contributed by atoms with van der Waals surface area (Å²) in [4.78, 5) is 17.8. The van der Waals surface area contributed by atoms with Crippen LogP contribution < -0.4 is 4.90 Å². The van der Waals surface area contributed by atoms with Crippen LogP contribution in [-0.4, -0.2) is 51.6 Å². The summed E-state index contributed by atoms with van der Waals surface area (Å²) in [6.07, 6.45) is 4.12. The zero-order valence-electron chi connectivity index (χ0n) is 12.1. The van der Waals surface area contributed by atoms with Crippen LogP contribution in [0, 0.1) is 0 Å². The largest absolute Gasteiger partial charge is 0.478 e. The average Bonchev–Trinajstić information content (AvgIpc) is 2.88. The molecule has 1 aliphatic rings. The van der Waals surface area contributed by atoms with E-state index >= 15 is 0 Å². The Morgan fingerprint density at radius 2 is 2.33 bits per heavy atom. The van der Waals surface area contributed by atoms with Crippen molar-refractivity contribution in [2.45, 2.75) is 19.4 Å². The maximum absolute atomic E-state index is 11.5. The zero-order chi connectivity index (χ0) is 15.0. The fourth-order valence-electron chi connectivity index (χ4n) is 2.75. The van der Waals surface area contributed by atoms with Gasteiger partial charge in [-0.15, -0.1) is 0 Å². The predicted octanol–water partition coefficient (Wildman–Crippen LogP) is 1.28. The van der Waals surface area contributed by atoms with Gasteiger partial charge in [-0.05, 0) is 6.42 Å². The smallest absolute Gasteiger partial charge is 0.339 e. The minimum absolute atomic E-state index is 0.125. The lowest BCUT2D eigenvalue weighted by atomic mass is 10.1. The second-order valence-electron chi connectivity index (χ2n) is 5.18. The van der Waals surface area contributed by atoms with Gasteiger partial charge < -0.3 is 14.7 Å². The van der Waals surface area contributed by atoms with Crippen LogP contribution in [-0.2, 0) is 11.8 Å². The molecule has 1 fully saturated rings. The van der Waals surface area contributed by atoms with Crippen molar-refractivity contribution in [3.63, 3.8) is 0 Å². The molecule has 0 amide bonds. The molecule has 0 bridgehead atoms. The van der Waals surface area contributed by atoms with Gasteiger partial charge in [0.05, 0.1) is 30.0 Å². The molecule has 0 aromatic carbocycles. The van der Waals surface area contributed by atoms with E-state index in [2.05, 4.69) is 21.9 Å². The SMILES string of the molecule is CCC1CN(c2c(C(=O)O)cnc3c2cnn3C)CCO1. The molecule has 0 saturated carbocycles. The van der Waals surface area contributed by atoms with E-state index in [0.29, 0.717) is 31.0 Å². The Labute approximate surface area is 122 Å². The van der Waals surface area contributed by atoms with Crippen molar-refractivity contribution in [2.75, 3.05) is 24.6 Å². The fourth-order valence-corrected chi connectivity index (χ4v) is 2.75. The van der Waals surface area contributed by atoms with Crippen molar-refractivity contribution in [1.29, 1.82) is 0 Å².